The third-order valence-electron chi connectivity index (χ3n) is 9.71. The van der Waals surface area contributed by atoms with Gasteiger partial charge in [-0.25, -0.2) is 0 Å². The van der Waals surface area contributed by atoms with Crippen molar-refractivity contribution in [3.63, 3.8) is 0 Å². The molecule has 48 heavy (non-hydrogen) atoms. The van der Waals surface area contributed by atoms with E-state index in [-0.39, 0.29) is 11.9 Å². The highest BCUT2D eigenvalue weighted by molar-refractivity contribution is 6.64. The Kier molecular flexibility index (Phi) is 36.7. The number of rotatable bonds is 39. The quantitative estimate of drug-likeness (QED) is 0.0473. The second kappa shape index (κ2) is 37.4. The van der Waals surface area contributed by atoms with Gasteiger partial charge >= 0.3 is 8.80 Å². The molecule has 0 saturated heterocycles. The van der Waals surface area contributed by atoms with Crippen LogP contribution in [0.2, 0.25) is 6.04 Å². The lowest BCUT2D eigenvalue weighted by atomic mass is 10.0. The Balaban J connectivity index is 4.07. The first-order valence-corrected chi connectivity index (χ1v) is 23.5. The molecule has 0 saturated carbocycles. The molecule has 0 aliphatic carbocycles. The van der Waals surface area contributed by atoms with Gasteiger partial charge in [0.15, 0.2) is 0 Å². The van der Waals surface area contributed by atoms with Crippen LogP contribution in [0, 0.1) is 0 Å². The molecule has 0 spiro atoms. The molecule has 286 valence electrons. The summed E-state index contributed by atoms with van der Waals surface area (Å²) < 4.78 is 17.9. The molecule has 0 fully saturated rings. The third kappa shape index (κ3) is 32.3. The number of hydrogen-bond acceptors (Lipinski definition) is 5. The standard InChI is InChI=1S/C42H84O5Si/c1-5-9-12-14-16-18-20-22-24-26-28-30-32-34-36-38-41(43)46-48(45-8-4,40-11-7-3)47-42(44)39-37-35-33-31-29-27-25-23-21-19-17-15-13-10-6-2/h5-40H2,1-4H3. The zero-order chi connectivity index (χ0) is 35.2. The maximum Gasteiger partial charge on any atom is 0.636 e. The van der Waals surface area contributed by atoms with Gasteiger partial charge in [-0.05, 0) is 26.2 Å². The maximum atomic E-state index is 12.9. The smallest absolute Gasteiger partial charge is 0.464 e. The molecule has 0 unspecified atom stereocenters. The van der Waals surface area contributed by atoms with Gasteiger partial charge in [0.1, 0.15) is 0 Å². The van der Waals surface area contributed by atoms with Gasteiger partial charge in [-0.2, -0.15) is 0 Å². The molecular weight excluding hydrogens is 613 g/mol. The highest BCUT2D eigenvalue weighted by Crippen LogP contribution is 2.23. The van der Waals surface area contributed by atoms with Crippen molar-refractivity contribution in [1.82, 2.24) is 0 Å². The van der Waals surface area contributed by atoms with Crippen LogP contribution in [-0.2, 0) is 22.9 Å². The summed E-state index contributed by atoms with van der Waals surface area (Å²) in [6.07, 6.45) is 41.4. The normalized spacial score (nSPS) is 11.7. The minimum absolute atomic E-state index is 0.263. The Bertz CT molecular complexity index is 637. The van der Waals surface area contributed by atoms with Crippen molar-refractivity contribution in [2.24, 2.45) is 0 Å². The summed E-state index contributed by atoms with van der Waals surface area (Å²) in [5.41, 5.74) is 0. The van der Waals surface area contributed by atoms with Gasteiger partial charge in [-0.3, -0.25) is 9.59 Å². The molecule has 0 N–H and O–H groups in total. The summed E-state index contributed by atoms with van der Waals surface area (Å²) >= 11 is 0. The van der Waals surface area contributed by atoms with Crippen LogP contribution in [0.4, 0.5) is 0 Å². The van der Waals surface area contributed by atoms with Gasteiger partial charge in [0.2, 0.25) is 0 Å². The monoisotopic (exact) mass is 697 g/mol. The molecule has 0 aromatic rings. The molecular formula is C42H84O5Si. The van der Waals surface area contributed by atoms with Crippen molar-refractivity contribution < 1.29 is 22.9 Å². The summed E-state index contributed by atoms with van der Waals surface area (Å²) in [6, 6.07) is 0.520. The summed E-state index contributed by atoms with van der Waals surface area (Å²) in [5.74, 6) is -0.527. The molecule has 0 rings (SSSR count). The first-order valence-electron chi connectivity index (χ1n) is 21.6. The predicted molar refractivity (Wildman–Crippen MR) is 208 cm³/mol. The van der Waals surface area contributed by atoms with Crippen molar-refractivity contribution in [2.45, 2.75) is 252 Å². The van der Waals surface area contributed by atoms with Crippen LogP contribution in [0.15, 0.2) is 0 Å². The summed E-state index contributed by atoms with van der Waals surface area (Å²) in [4.78, 5) is 25.7. The lowest BCUT2D eigenvalue weighted by molar-refractivity contribution is -0.146. The van der Waals surface area contributed by atoms with Crippen LogP contribution in [0.3, 0.4) is 0 Å². The van der Waals surface area contributed by atoms with Crippen LogP contribution in [0.1, 0.15) is 246 Å². The fourth-order valence-corrected chi connectivity index (χ4v) is 9.23. The molecule has 0 amide bonds. The van der Waals surface area contributed by atoms with E-state index >= 15 is 0 Å². The van der Waals surface area contributed by atoms with E-state index in [2.05, 4.69) is 20.8 Å². The number of hydrogen-bond donors (Lipinski definition) is 0. The SMILES string of the molecule is CCCCCCCCCCCCCCCCCC(=O)O[Si](CCCC)(OCC)OC(=O)CCCCCCCCCCCCCCCCC. The Morgan fingerprint density at radius 2 is 0.604 bits per heavy atom. The molecule has 0 atom stereocenters. The molecule has 0 aromatic heterocycles. The largest absolute Gasteiger partial charge is 0.636 e. The molecule has 0 aromatic carbocycles. The Labute approximate surface area is 301 Å². The highest BCUT2D eigenvalue weighted by Gasteiger charge is 2.48. The van der Waals surface area contributed by atoms with Crippen molar-refractivity contribution in [2.75, 3.05) is 6.61 Å². The van der Waals surface area contributed by atoms with E-state index in [9.17, 15) is 9.59 Å². The average Bonchev–Trinajstić information content (AvgIpc) is 3.07. The van der Waals surface area contributed by atoms with Crippen LogP contribution in [0.5, 0.6) is 0 Å². The number of carbonyl (C=O) groups is 2. The second-order valence-corrected chi connectivity index (χ2v) is 17.1. The van der Waals surface area contributed by atoms with Crippen LogP contribution in [0.25, 0.3) is 0 Å². The van der Waals surface area contributed by atoms with Gasteiger partial charge in [0.25, 0.3) is 11.9 Å². The van der Waals surface area contributed by atoms with Gasteiger partial charge in [-0.1, -0.05) is 207 Å². The topological polar surface area (TPSA) is 61.8 Å². The first kappa shape index (κ1) is 47.1. The summed E-state index contributed by atoms with van der Waals surface area (Å²) in [6.45, 7) is 8.92. The van der Waals surface area contributed by atoms with Crippen molar-refractivity contribution in [1.29, 1.82) is 0 Å². The van der Waals surface area contributed by atoms with E-state index in [0.29, 0.717) is 25.5 Å². The van der Waals surface area contributed by atoms with E-state index in [1.54, 1.807) is 0 Å². The summed E-state index contributed by atoms with van der Waals surface area (Å²) in [5, 5.41) is 0. The van der Waals surface area contributed by atoms with Crippen LogP contribution in [-0.4, -0.2) is 27.3 Å². The summed E-state index contributed by atoms with van der Waals surface area (Å²) in [7, 11) is -3.36. The zero-order valence-electron chi connectivity index (χ0n) is 33.0. The lowest BCUT2D eigenvalue weighted by Gasteiger charge is -2.28. The Morgan fingerprint density at radius 1 is 0.354 bits per heavy atom. The molecule has 6 heteroatoms. The van der Waals surface area contributed by atoms with E-state index in [4.69, 9.17) is 13.3 Å². The highest BCUT2D eigenvalue weighted by atomic mass is 28.4. The molecule has 0 bridgehead atoms. The average molecular weight is 697 g/mol. The third-order valence-corrected chi connectivity index (χ3v) is 12.5. The van der Waals surface area contributed by atoms with E-state index < -0.39 is 8.80 Å². The van der Waals surface area contributed by atoms with Crippen molar-refractivity contribution >= 4 is 20.7 Å². The van der Waals surface area contributed by atoms with E-state index in [0.717, 1.165) is 38.5 Å². The molecule has 0 aliphatic rings. The number of unbranched alkanes of at least 4 members (excludes halogenated alkanes) is 29. The van der Waals surface area contributed by atoms with E-state index in [1.165, 1.54) is 167 Å². The van der Waals surface area contributed by atoms with Crippen LogP contribution < -0.4 is 0 Å². The predicted octanol–water partition coefficient (Wildman–Crippen LogP) is 14.4. The fourth-order valence-electron chi connectivity index (χ4n) is 6.60. The molecule has 0 heterocycles. The first-order chi connectivity index (χ1) is 23.5. The molecule has 0 aliphatic heterocycles. The fraction of sp³-hybridized carbons (Fsp3) is 0.952. The lowest BCUT2D eigenvalue weighted by Crippen LogP contribution is -2.49. The number of carbonyl (C=O) groups excluding carboxylic acids is 2. The van der Waals surface area contributed by atoms with Gasteiger partial charge in [-0.15, -0.1) is 0 Å². The van der Waals surface area contributed by atoms with Gasteiger partial charge < -0.3 is 13.3 Å². The minimum Gasteiger partial charge on any atom is -0.464 e. The second-order valence-electron chi connectivity index (χ2n) is 14.6. The van der Waals surface area contributed by atoms with E-state index in [1.807, 2.05) is 6.92 Å². The molecule has 0 radical (unpaired) electrons. The van der Waals surface area contributed by atoms with Crippen molar-refractivity contribution in [3.8, 4) is 0 Å². The van der Waals surface area contributed by atoms with Crippen LogP contribution >= 0.6 is 0 Å². The van der Waals surface area contributed by atoms with Gasteiger partial charge in [0, 0.05) is 25.5 Å². The Hall–Kier alpha value is -0.883. The van der Waals surface area contributed by atoms with Gasteiger partial charge in [0.05, 0.1) is 0 Å². The zero-order valence-corrected chi connectivity index (χ0v) is 34.0. The minimum atomic E-state index is -3.36. The Morgan fingerprint density at radius 3 is 0.854 bits per heavy atom. The maximum absolute atomic E-state index is 12.9. The van der Waals surface area contributed by atoms with Crippen molar-refractivity contribution in [3.05, 3.63) is 0 Å². The molecule has 5 nitrogen and oxygen atoms in total.